The van der Waals surface area contributed by atoms with E-state index in [1.54, 1.807) is 30.3 Å². The van der Waals surface area contributed by atoms with E-state index >= 15 is 0 Å². The Hall–Kier alpha value is -2.64. The summed E-state index contributed by atoms with van der Waals surface area (Å²) in [4.78, 5) is 6.66. The number of morpholine rings is 1. The molecule has 1 atom stereocenters. The van der Waals surface area contributed by atoms with Crippen LogP contribution in [0.2, 0.25) is 5.02 Å². The standard InChI is InChI=1S/C20H20ClFN4O2/c21-13-5-6-17-15(11-13)19(14-3-1-2-4-16(14)22)23-12-18(24-17)20(25-27)26-7-9-28-10-8-26/h1-6,11,18,24,27H,7-10,12H2/b25-20+. The lowest BCUT2D eigenvalue weighted by molar-refractivity contribution is 0.0653. The number of nitrogens with one attached hydrogen (secondary N) is 1. The van der Waals surface area contributed by atoms with E-state index in [9.17, 15) is 9.60 Å². The minimum atomic E-state index is -0.368. The molecule has 6 nitrogen and oxygen atoms in total. The molecule has 0 saturated carbocycles. The molecule has 0 amide bonds. The summed E-state index contributed by atoms with van der Waals surface area (Å²) in [5.74, 6) is 0.137. The van der Waals surface area contributed by atoms with Crippen LogP contribution >= 0.6 is 11.6 Å². The van der Waals surface area contributed by atoms with E-state index in [0.29, 0.717) is 54.0 Å². The number of nitrogens with zero attached hydrogens (tertiary/aromatic N) is 3. The van der Waals surface area contributed by atoms with Crippen LogP contribution in [-0.4, -0.2) is 60.5 Å². The van der Waals surface area contributed by atoms with Gasteiger partial charge in [-0.15, -0.1) is 0 Å². The van der Waals surface area contributed by atoms with Gasteiger partial charge in [-0.3, -0.25) is 4.99 Å². The molecule has 2 aromatic rings. The number of anilines is 1. The molecule has 2 heterocycles. The van der Waals surface area contributed by atoms with Crippen LogP contribution in [0.1, 0.15) is 11.1 Å². The molecule has 2 aromatic carbocycles. The highest BCUT2D eigenvalue weighted by Crippen LogP contribution is 2.28. The Bertz CT molecular complexity index is 928. The summed E-state index contributed by atoms with van der Waals surface area (Å²) in [6.07, 6.45) is 0. The number of fused-ring (bicyclic) bond motifs is 1. The first-order valence-corrected chi connectivity index (χ1v) is 9.45. The summed E-state index contributed by atoms with van der Waals surface area (Å²) in [5, 5.41) is 17.1. The number of benzodiazepines with no additional fused rings is 1. The maximum absolute atomic E-state index is 14.5. The zero-order valence-corrected chi connectivity index (χ0v) is 15.9. The molecule has 0 aromatic heterocycles. The number of benzene rings is 2. The second-order valence-electron chi connectivity index (χ2n) is 6.61. The smallest absolute Gasteiger partial charge is 0.168 e. The van der Waals surface area contributed by atoms with Crippen molar-refractivity contribution in [3.8, 4) is 0 Å². The Morgan fingerprint density at radius 2 is 2.00 bits per heavy atom. The lowest BCUT2D eigenvalue weighted by Gasteiger charge is -2.32. The summed E-state index contributed by atoms with van der Waals surface area (Å²) in [7, 11) is 0. The molecule has 28 heavy (non-hydrogen) atoms. The van der Waals surface area contributed by atoms with Gasteiger partial charge in [-0.1, -0.05) is 28.9 Å². The van der Waals surface area contributed by atoms with Gasteiger partial charge in [0.25, 0.3) is 0 Å². The molecule has 0 bridgehead atoms. The van der Waals surface area contributed by atoms with Gasteiger partial charge in [0, 0.05) is 34.9 Å². The third-order valence-electron chi connectivity index (χ3n) is 4.88. The van der Waals surface area contributed by atoms with E-state index < -0.39 is 0 Å². The summed E-state index contributed by atoms with van der Waals surface area (Å²) < 4.78 is 19.9. The Morgan fingerprint density at radius 1 is 1.21 bits per heavy atom. The molecule has 1 saturated heterocycles. The Balaban J connectivity index is 1.76. The Kier molecular flexibility index (Phi) is 5.45. The highest BCUT2D eigenvalue weighted by Gasteiger charge is 2.28. The fourth-order valence-electron chi connectivity index (χ4n) is 3.51. The largest absolute Gasteiger partial charge is 0.409 e. The predicted octanol–water partition coefficient (Wildman–Crippen LogP) is 3.23. The fraction of sp³-hybridized carbons (Fsp3) is 0.300. The van der Waals surface area contributed by atoms with Gasteiger partial charge in [-0.2, -0.15) is 0 Å². The third-order valence-corrected chi connectivity index (χ3v) is 5.11. The lowest BCUT2D eigenvalue weighted by atomic mass is 10.00. The van der Waals surface area contributed by atoms with Gasteiger partial charge in [0.1, 0.15) is 11.9 Å². The lowest BCUT2D eigenvalue weighted by Crippen LogP contribution is -2.49. The van der Waals surface area contributed by atoms with Crippen molar-refractivity contribution >= 4 is 28.8 Å². The molecular formula is C20H20ClFN4O2. The quantitative estimate of drug-likeness (QED) is 0.350. The fourth-order valence-corrected chi connectivity index (χ4v) is 3.69. The number of ether oxygens (including phenoxy) is 1. The molecule has 1 unspecified atom stereocenters. The van der Waals surface area contributed by atoms with Crippen molar-refractivity contribution in [2.45, 2.75) is 6.04 Å². The molecule has 0 spiro atoms. The molecule has 0 radical (unpaired) electrons. The topological polar surface area (TPSA) is 69.5 Å². The number of hydrogen-bond acceptors (Lipinski definition) is 5. The second-order valence-corrected chi connectivity index (χ2v) is 7.05. The van der Waals surface area contributed by atoms with Crippen molar-refractivity contribution in [1.29, 1.82) is 0 Å². The zero-order chi connectivity index (χ0) is 19.5. The van der Waals surface area contributed by atoms with E-state index in [2.05, 4.69) is 15.5 Å². The normalized spacial score (nSPS) is 20.1. The average Bonchev–Trinajstić information content (AvgIpc) is 2.89. The van der Waals surface area contributed by atoms with Gasteiger partial charge in [-0.05, 0) is 30.3 Å². The van der Waals surface area contributed by atoms with Gasteiger partial charge < -0.3 is 20.2 Å². The van der Waals surface area contributed by atoms with Crippen molar-refractivity contribution in [1.82, 2.24) is 4.90 Å². The van der Waals surface area contributed by atoms with E-state index in [1.807, 2.05) is 11.0 Å². The monoisotopic (exact) mass is 402 g/mol. The zero-order valence-electron chi connectivity index (χ0n) is 15.1. The van der Waals surface area contributed by atoms with Crippen molar-refractivity contribution in [3.63, 3.8) is 0 Å². The number of rotatable bonds is 2. The van der Waals surface area contributed by atoms with Crippen LogP contribution in [0.4, 0.5) is 10.1 Å². The first-order chi connectivity index (χ1) is 13.7. The molecule has 146 valence electrons. The SMILES string of the molecule is O/N=C(\C1CN=C(c2ccccc2F)c2cc(Cl)ccc2N1)N1CCOCC1. The first-order valence-electron chi connectivity index (χ1n) is 9.08. The molecule has 2 N–H and O–H groups in total. The van der Waals surface area contributed by atoms with Crippen LogP contribution in [0.3, 0.4) is 0 Å². The molecule has 1 fully saturated rings. The summed E-state index contributed by atoms with van der Waals surface area (Å²) >= 11 is 6.21. The molecule has 2 aliphatic heterocycles. The van der Waals surface area contributed by atoms with Crippen LogP contribution in [-0.2, 0) is 4.74 Å². The Labute approximate surface area is 167 Å². The maximum atomic E-state index is 14.5. The average molecular weight is 403 g/mol. The van der Waals surface area contributed by atoms with Crippen LogP contribution in [0.15, 0.2) is 52.6 Å². The molecule has 0 aliphatic carbocycles. The van der Waals surface area contributed by atoms with E-state index in [-0.39, 0.29) is 18.4 Å². The molecule has 4 rings (SSSR count). The highest BCUT2D eigenvalue weighted by molar-refractivity contribution is 6.31. The van der Waals surface area contributed by atoms with Crippen molar-refractivity contribution in [3.05, 3.63) is 64.4 Å². The minimum absolute atomic E-state index is 0.284. The first kappa shape index (κ1) is 18.7. The van der Waals surface area contributed by atoms with Gasteiger partial charge in [-0.25, -0.2) is 4.39 Å². The van der Waals surface area contributed by atoms with Crippen molar-refractivity contribution in [2.75, 3.05) is 38.2 Å². The number of aliphatic imine (C=N–C) groups is 1. The van der Waals surface area contributed by atoms with Crippen LogP contribution in [0.25, 0.3) is 0 Å². The van der Waals surface area contributed by atoms with Crippen molar-refractivity contribution in [2.24, 2.45) is 10.1 Å². The number of oxime groups is 1. The molecular weight excluding hydrogens is 383 g/mol. The molecule has 8 heteroatoms. The van der Waals surface area contributed by atoms with Crippen LogP contribution in [0, 0.1) is 5.82 Å². The third kappa shape index (κ3) is 3.68. The number of halogens is 2. The summed E-state index contributed by atoms with van der Waals surface area (Å²) in [5.41, 5.74) is 2.38. The van der Waals surface area contributed by atoms with Gasteiger partial charge >= 0.3 is 0 Å². The van der Waals surface area contributed by atoms with E-state index in [0.717, 1.165) is 5.69 Å². The van der Waals surface area contributed by atoms with E-state index in [1.165, 1.54) is 6.07 Å². The van der Waals surface area contributed by atoms with Gasteiger partial charge in [0.05, 0.1) is 25.5 Å². The molecule has 2 aliphatic rings. The minimum Gasteiger partial charge on any atom is -0.409 e. The summed E-state index contributed by atoms with van der Waals surface area (Å²) in [6, 6.07) is 11.5. The van der Waals surface area contributed by atoms with E-state index in [4.69, 9.17) is 16.3 Å². The second kappa shape index (κ2) is 8.16. The van der Waals surface area contributed by atoms with Crippen LogP contribution < -0.4 is 5.32 Å². The number of hydrogen-bond donors (Lipinski definition) is 2. The Morgan fingerprint density at radius 3 is 2.75 bits per heavy atom. The van der Waals surface area contributed by atoms with Crippen LogP contribution in [0.5, 0.6) is 0 Å². The number of amidine groups is 1. The van der Waals surface area contributed by atoms with Gasteiger partial charge in [0.15, 0.2) is 5.84 Å². The summed E-state index contributed by atoms with van der Waals surface area (Å²) in [6.45, 7) is 2.69. The maximum Gasteiger partial charge on any atom is 0.168 e. The van der Waals surface area contributed by atoms with Crippen molar-refractivity contribution < 1.29 is 14.3 Å². The van der Waals surface area contributed by atoms with Gasteiger partial charge in [0.2, 0.25) is 0 Å². The predicted molar refractivity (Wildman–Crippen MR) is 107 cm³/mol. The highest BCUT2D eigenvalue weighted by atomic mass is 35.5.